The second-order valence-corrected chi connectivity index (χ2v) is 7.38. The van der Waals surface area contributed by atoms with Crippen molar-refractivity contribution < 1.29 is 13.2 Å². The van der Waals surface area contributed by atoms with Crippen LogP contribution in [-0.4, -0.2) is 26.3 Å². The lowest BCUT2D eigenvalue weighted by Gasteiger charge is -2.06. The van der Waals surface area contributed by atoms with Gasteiger partial charge in [-0.15, -0.1) is 0 Å². The van der Waals surface area contributed by atoms with Gasteiger partial charge in [0.1, 0.15) is 5.75 Å². The van der Waals surface area contributed by atoms with Crippen LogP contribution in [0.25, 0.3) is 10.8 Å². The van der Waals surface area contributed by atoms with E-state index >= 15 is 0 Å². The first kappa shape index (κ1) is 14.0. The molecule has 1 amide bonds. The Kier molecular flexibility index (Phi) is 3.91. The minimum Gasteiger partial charge on any atom is -0.325 e. The number of halogens is 1. The van der Waals surface area contributed by atoms with E-state index in [9.17, 15) is 13.2 Å². The molecule has 0 saturated heterocycles. The number of fused-ring (bicyclic) bond motifs is 1. The van der Waals surface area contributed by atoms with Gasteiger partial charge >= 0.3 is 0 Å². The van der Waals surface area contributed by atoms with E-state index in [2.05, 4.69) is 21.2 Å². The van der Waals surface area contributed by atoms with Gasteiger partial charge < -0.3 is 5.32 Å². The number of carbonyl (C=O) groups is 1. The summed E-state index contributed by atoms with van der Waals surface area (Å²) in [6.45, 7) is 0. The molecule has 6 heteroatoms. The first-order valence-electron chi connectivity index (χ1n) is 5.50. The lowest BCUT2D eigenvalue weighted by atomic mass is 10.1. The average Bonchev–Trinajstić information content (AvgIpc) is 2.26. The summed E-state index contributed by atoms with van der Waals surface area (Å²) in [6, 6.07) is 11.2. The summed E-state index contributed by atoms with van der Waals surface area (Å²) in [7, 11) is -3.31. The van der Waals surface area contributed by atoms with Crippen molar-refractivity contribution in [3.8, 4) is 0 Å². The van der Waals surface area contributed by atoms with E-state index in [-0.39, 0.29) is 0 Å². The van der Waals surface area contributed by atoms with Crippen molar-refractivity contribution in [1.29, 1.82) is 0 Å². The summed E-state index contributed by atoms with van der Waals surface area (Å²) >= 11 is 3.39. The largest absolute Gasteiger partial charge is 0.325 e. The number of anilines is 1. The molecule has 0 aliphatic rings. The van der Waals surface area contributed by atoms with Crippen molar-refractivity contribution in [3.63, 3.8) is 0 Å². The van der Waals surface area contributed by atoms with E-state index in [1.807, 2.05) is 30.3 Å². The zero-order valence-electron chi connectivity index (χ0n) is 10.2. The van der Waals surface area contributed by atoms with Crippen LogP contribution >= 0.6 is 15.9 Å². The van der Waals surface area contributed by atoms with E-state index in [1.54, 1.807) is 6.07 Å². The second-order valence-electron chi connectivity index (χ2n) is 4.32. The molecular formula is C13H12BrNO3S. The molecule has 0 saturated carbocycles. The fourth-order valence-corrected chi connectivity index (χ4v) is 2.66. The molecule has 2 aromatic carbocycles. The maximum atomic E-state index is 11.5. The van der Waals surface area contributed by atoms with Crippen LogP contribution in [0, 0.1) is 0 Å². The Labute approximate surface area is 119 Å². The third-order valence-corrected chi connectivity index (χ3v) is 3.76. The van der Waals surface area contributed by atoms with Crippen LogP contribution in [0.4, 0.5) is 5.69 Å². The third-order valence-electron chi connectivity index (χ3n) is 2.48. The zero-order chi connectivity index (χ0) is 14.0. The number of carbonyl (C=O) groups excluding carboxylic acids is 1. The minimum atomic E-state index is -3.31. The van der Waals surface area contributed by atoms with Crippen molar-refractivity contribution in [2.24, 2.45) is 0 Å². The first-order valence-corrected chi connectivity index (χ1v) is 8.36. The molecule has 2 aromatic rings. The van der Waals surface area contributed by atoms with Gasteiger partial charge in [-0.3, -0.25) is 4.79 Å². The highest BCUT2D eigenvalue weighted by molar-refractivity contribution is 9.10. The Hall–Kier alpha value is -1.40. The number of rotatable bonds is 3. The predicted molar refractivity (Wildman–Crippen MR) is 80.0 cm³/mol. The van der Waals surface area contributed by atoms with E-state index in [0.29, 0.717) is 5.69 Å². The van der Waals surface area contributed by atoms with E-state index in [1.165, 1.54) is 0 Å². The smallest absolute Gasteiger partial charge is 0.239 e. The third kappa shape index (κ3) is 4.04. The molecule has 0 fully saturated rings. The minimum absolute atomic E-state index is 0.509. The molecule has 0 radical (unpaired) electrons. The molecule has 0 aliphatic heterocycles. The Balaban J connectivity index is 2.22. The van der Waals surface area contributed by atoms with Gasteiger partial charge in [-0.2, -0.15) is 0 Å². The first-order chi connectivity index (χ1) is 8.83. The summed E-state index contributed by atoms with van der Waals surface area (Å²) in [5, 5.41) is 4.59. The molecule has 19 heavy (non-hydrogen) atoms. The zero-order valence-corrected chi connectivity index (χ0v) is 12.6. The number of benzene rings is 2. The average molecular weight is 342 g/mol. The van der Waals surface area contributed by atoms with Gasteiger partial charge in [0.2, 0.25) is 5.91 Å². The maximum absolute atomic E-state index is 11.5. The van der Waals surface area contributed by atoms with Crippen LogP contribution in [0.1, 0.15) is 0 Å². The topological polar surface area (TPSA) is 63.2 Å². The van der Waals surface area contributed by atoms with Crippen molar-refractivity contribution in [2.75, 3.05) is 17.3 Å². The molecule has 100 valence electrons. The van der Waals surface area contributed by atoms with Crippen LogP contribution in [0.5, 0.6) is 0 Å². The van der Waals surface area contributed by atoms with Gasteiger partial charge in [-0.05, 0) is 35.0 Å². The SMILES string of the molecule is CS(=O)(=O)CC(=O)Nc1ccc2cc(Br)ccc2c1. The molecule has 0 unspecified atom stereocenters. The van der Waals surface area contributed by atoms with E-state index < -0.39 is 21.5 Å². The molecule has 0 aliphatic carbocycles. The Morgan fingerprint density at radius 1 is 1.16 bits per heavy atom. The standard InChI is InChI=1S/C13H12BrNO3S/c1-19(17,18)8-13(16)15-12-5-3-9-6-11(14)4-2-10(9)7-12/h2-7H,8H2,1H3,(H,15,16). The monoisotopic (exact) mass is 341 g/mol. The number of amides is 1. The molecule has 0 aromatic heterocycles. The lowest BCUT2D eigenvalue weighted by Crippen LogP contribution is -2.21. The van der Waals surface area contributed by atoms with Crippen LogP contribution < -0.4 is 5.32 Å². The van der Waals surface area contributed by atoms with Crippen LogP contribution in [0.3, 0.4) is 0 Å². The number of nitrogens with one attached hydrogen (secondary N) is 1. The quantitative estimate of drug-likeness (QED) is 0.933. The van der Waals surface area contributed by atoms with Gasteiger partial charge in [-0.25, -0.2) is 8.42 Å². The molecule has 0 heterocycles. The van der Waals surface area contributed by atoms with Gasteiger partial charge in [0.15, 0.2) is 9.84 Å². The molecule has 0 bridgehead atoms. The van der Waals surface area contributed by atoms with Crippen molar-refractivity contribution in [2.45, 2.75) is 0 Å². The summed E-state index contributed by atoms with van der Waals surface area (Å²) in [4.78, 5) is 11.5. The molecular weight excluding hydrogens is 330 g/mol. The molecule has 1 N–H and O–H groups in total. The van der Waals surface area contributed by atoms with Gasteiger partial charge in [0, 0.05) is 16.4 Å². The van der Waals surface area contributed by atoms with Crippen molar-refractivity contribution in [1.82, 2.24) is 0 Å². The summed E-state index contributed by atoms with van der Waals surface area (Å²) in [6.07, 6.45) is 1.03. The fraction of sp³-hybridized carbons (Fsp3) is 0.154. The molecule has 0 atom stereocenters. The Morgan fingerprint density at radius 3 is 2.47 bits per heavy atom. The summed E-state index contributed by atoms with van der Waals surface area (Å²) < 4.78 is 23.0. The van der Waals surface area contributed by atoms with Gasteiger partial charge in [0.25, 0.3) is 0 Å². The Morgan fingerprint density at radius 2 is 1.79 bits per heavy atom. The lowest BCUT2D eigenvalue weighted by molar-refractivity contribution is -0.113. The van der Waals surface area contributed by atoms with Crippen LogP contribution in [0.15, 0.2) is 40.9 Å². The van der Waals surface area contributed by atoms with Crippen molar-refractivity contribution >= 4 is 48.1 Å². The van der Waals surface area contributed by atoms with Crippen LogP contribution in [-0.2, 0) is 14.6 Å². The fourth-order valence-electron chi connectivity index (χ4n) is 1.73. The molecule has 0 spiro atoms. The predicted octanol–water partition coefficient (Wildman–Crippen LogP) is 2.59. The van der Waals surface area contributed by atoms with Gasteiger partial charge in [-0.1, -0.05) is 28.1 Å². The molecule has 4 nitrogen and oxygen atoms in total. The highest BCUT2D eigenvalue weighted by atomic mass is 79.9. The van der Waals surface area contributed by atoms with Gasteiger partial charge in [0.05, 0.1) is 0 Å². The van der Waals surface area contributed by atoms with E-state index in [4.69, 9.17) is 0 Å². The number of hydrogen-bond acceptors (Lipinski definition) is 3. The highest BCUT2D eigenvalue weighted by Crippen LogP contribution is 2.22. The summed E-state index contributed by atoms with van der Waals surface area (Å²) in [5.74, 6) is -1.04. The van der Waals surface area contributed by atoms with Crippen LogP contribution in [0.2, 0.25) is 0 Å². The van der Waals surface area contributed by atoms with Crippen molar-refractivity contribution in [3.05, 3.63) is 40.9 Å². The maximum Gasteiger partial charge on any atom is 0.239 e. The Bertz CT molecular complexity index is 741. The van der Waals surface area contributed by atoms with E-state index in [0.717, 1.165) is 21.5 Å². The number of hydrogen-bond donors (Lipinski definition) is 1. The highest BCUT2D eigenvalue weighted by Gasteiger charge is 2.11. The second kappa shape index (κ2) is 5.30. The molecule has 2 rings (SSSR count). The normalized spacial score (nSPS) is 11.5. The summed E-state index contributed by atoms with van der Waals surface area (Å²) in [5.41, 5.74) is 0.587. The number of sulfone groups is 1.